The third-order valence-electron chi connectivity index (χ3n) is 2.80. The van der Waals surface area contributed by atoms with Gasteiger partial charge in [-0.2, -0.15) is 0 Å². The van der Waals surface area contributed by atoms with Gasteiger partial charge >= 0.3 is 0 Å². The van der Waals surface area contributed by atoms with E-state index < -0.39 is 6.10 Å². The van der Waals surface area contributed by atoms with Crippen LogP contribution in [0.5, 0.6) is 11.5 Å². The van der Waals surface area contributed by atoms with Crippen molar-refractivity contribution >= 4 is 0 Å². The number of methoxy groups -OCH3 is 1. The van der Waals surface area contributed by atoms with Gasteiger partial charge in [0.25, 0.3) is 0 Å². The molecule has 0 aliphatic heterocycles. The lowest BCUT2D eigenvalue weighted by molar-refractivity contribution is 0.104. The monoisotopic (exact) mass is 253 g/mol. The molecule has 0 aliphatic carbocycles. The van der Waals surface area contributed by atoms with E-state index >= 15 is 0 Å². The largest absolute Gasteiger partial charge is 0.497 e. The van der Waals surface area contributed by atoms with Crippen LogP contribution in [0, 0.1) is 0 Å². The summed E-state index contributed by atoms with van der Waals surface area (Å²) < 4.78 is 10.6. The average molecular weight is 253 g/mol. The summed E-state index contributed by atoms with van der Waals surface area (Å²) in [4.78, 5) is 0. The van der Waals surface area contributed by atoms with Gasteiger partial charge < -0.3 is 19.9 Å². The van der Waals surface area contributed by atoms with Crippen LogP contribution in [0.1, 0.15) is 20.3 Å². The summed E-state index contributed by atoms with van der Waals surface area (Å²) >= 11 is 0. The summed E-state index contributed by atoms with van der Waals surface area (Å²) in [5.41, 5.74) is 0. The van der Waals surface area contributed by atoms with E-state index in [9.17, 15) is 5.11 Å². The first-order valence-corrected chi connectivity index (χ1v) is 6.34. The summed E-state index contributed by atoms with van der Waals surface area (Å²) in [6.07, 6.45) is 0.536. The minimum absolute atomic E-state index is 0.274. The number of ether oxygens (including phenoxy) is 2. The predicted molar refractivity (Wildman–Crippen MR) is 72.3 cm³/mol. The molecule has 1 rings (SSSR count). The highest BCUT2D eigenvalue weighted by molar-refractivity contribution is 5.32. The zero-order valence-electron chi connectivity index (χ0n) is 11.3. The highest BCUT2D eigenvalue weighted by Crippen LogP contribution is 2.18. The molecule has 0 unspecified atom stereocenters. The number of hydrogen-bond donors (Lipinski definition) is 2. The number of nitrogens with one attached hydrogen (secondary N) is 1. The fourth-order valence-electron chi connectivity index (χ4n) is 1.42. The number of hydrogen-bond acceptors (Lipinski definition) is 4. The van der Waals surface area contributed by atoms with E-state index in [1.165, 1.54) is 0 Å². The molecule has 2 N–H and O–H groups in total. The Morgan fingerprint density at radius 3 is 2.72 bits per heavy atom. The topological polar surface area (TPSA) is 50.7 Å². The smallest absolute Gasteiger partial charge is 0.123 e. The second kappa shape index (κ2) is 7.95. The molecule has 0 fully saturated rings. The van der Waals surface area contributed by atoms with E-state index in [0.29, 0.717) is 18.3 Å². The first kappa shape index (κ1) is 14.8. The first-order chi connectivity index (χ1) is 8.65. The van der Waals surface area contributed by atoms with Crippen molar-refractivity contribution in [3.8, 4) is 11.5 Å². The molecule has 0 spiro atoms. The van der Waals surface area contributed by atoms with Crippen LogP contribution < -0.4 is 14.8 Å². The van der Waals surface area contributed by atoms with Crippen molar-refractivity contribution in [2.24, 2.45) is 0 Å². The second-order valence-corrected chi connectivity index (χ2v) is 4.36. The van der Waals surface area contributed by atoms with Gasteiger partial charge in [-0.3, -0.25) is 0 Å². The molecule has 0 saturated heterocycles. The molecule has 0 saturated carbocycles. The Hall–Kier alpha value is -1.26. The van der Waals surface area contributed by atoms with Gasteiger partial charge in [-0.25, -0.2) is 0 Å². The molecule has 4 nitrogen and oxygen atoms in total. The van der Waals surface area contributed by atoms with E-state index in [-0.39, 0.29) is 6.61 Å². The molecule has 18 heavy (non-hydrogen) atoms. The minimum atomic E-state index is -0.509. The molecule has 1 aromatic rings. The molecular weight excluding hydrogens is 230 g/mol. The van der Waals surface area contributed by atoms with Crippen LogP contribution in [0.3, 0.4) is 0 Å². The fourth-order valence-corrected chi connectivity index (χ4v) is 1.42. The third-order valence-corrected chi connectivity index (χ3v) is 2.80. The van der Waals surface area contributed by atoms with Crippen molar-refractivity contribution in [1.29, 1.82) is 0 Å². The van der Waals surface area contributed by atoms with Gasteiger partial charge in [0, 0.05) is 18.7 Å². The van der Waals surface area contributed by atoms with Crippen LogP contribution in [0.4, 0.5) is 0 Å². The van der Waals surface area contributed by atoms with Crippen molar-refractivity contribution < 1.29 is 14.6 Å². The van der Waals surface area contributed by atoms with Gasteiger partial charge in [0.05, 0.1) is 7.11 Å². The Morgan fingerprint density at radius 2 is 2.06 bits per heavy atom. The summed E-state index contributed by atoms with van der Waals surface area (Å²) in [7, 11) is 1.62. The number of aliphatic hydroxyl groups is 1. The molecule has 0 bridgehead atoms. The van der Waals surface area contributed by atoms with Gasteiger partial charge in [-0.1, -0.05) is 13.0 Å². The average Bonchev–Trinajstić information content (AvgIpc) is 2.42. The highest BCUT2D eigenvalue weighted by Gasteiger charge is 2.07. The van der Waals surface area contributed by atoms with Crippen molar-refractivity contribution in [3.63, 3.8) is 0 Å². The van der Waals surface area contributed by atoms with Crippen molar-refractivity contribution in [1.82, 2.24) is 5.32 Å². The molecule has 102 valence electrons. The molecule has 0 heterocycles. The zero-order chi connectivity index (χ0) is 13.4. The Bertz CT molecular complexity index is 344. The summed E-state index contributed by atoms with van der Waals surface area (Å²) in [6.45, 7) is 5.02. The summed E-state index contributed by atoms with van der Waals surface area (Å²) in [6, 6.07) is 7.77. The van der Waals surface area contributed by atoms with Crippen LogP contribution >= 0.6 is 0 Å². The maximum atomic E-state index is 9.76. The molecule has 1 aromatic carbocycles. The standard InChI is InChI=1S/C14H23NO3/c1-4-11(2)15-9-12(16)10-18-14-7-5-6-13(8-14)17-3/h5-8,11-12,15-16H,4,9-10H2,1-3H3/t11-,12+/m1/s1. The number of rotatable bonds is 8. The molecule has 2 atom stereocenters. The maximum Gasteiger partial charge on any atom is 0.123 e. The lowest BCUT2D eigenvalue weighted by Gasteiger charge is -2.16. The third kappa shape index (κ3) is 5.38. The fraction of sp³-hybridized carbons (Fsp3) is 0.571. The first-order valence-electron chi connectivity index (χ1n) is 6.34. The van der Waals surface area contributed by atoms with Gasteiger partial charge in [0.15, 0.2) is 0 Å². The Kier molecular flexibility index (Phi) is 6.54. The number of aliphatic hydroxyl groups excluding tert-OH is 1. The maximum absolute atomic E-state index is 9.76. The van der Waals surface area contributed by atoms with E-state index in [0.717, 1.165) is 12.2 Å². The van der Waals surface area contributed by atoms with Crippen molar-refractivity contribution in [3.05, 3.63) is 24.3 Å². The van der Waals surface area contributed by atoms with Gasteiger partial charge in [-0.15, -0.1) is 0 Å². The van der Waals surface area contributed by atoms with Gasteiger partial charge in [0.1, 0.15) is 24.2 Å². The van der Waals surface area contributed by atoms with Crippen molar-refractivity contribution in [2.75, 3.05) is 20.3 Å². The normalized spacial score (nSPS) is 14.0. The van der Waals surface area contributed by atoms with E-state index in [1.54, 1.807) is 13.2 Å². The molecule has 0 aliphatic rings. The minimum Gasteiger partial charge on any atom is -0.497 e. The highest BCUT2D eigenvalue weighted by atomic mass is 16.5. The second-order valence-electron chi connectivity index (χ2n) is 4.36. The predicted octanol–water partition coefficient (Wildman–Crippen LogP) is 1.82. The van der Waals surface area contributed by atoms with E-state index in [1.807, 2.05) is 18.2 Å². The quantitative estimate of drug-likeness (QED) is 0.742. The molecule has 0 aromatic heterocycles. The van der Waals surface area contributed by atoms with Crippen LogP contribution in [0.2, 0.25) is 0 Å². The Balaban J connectivity index is 2.30. The van der Waals surface area contributed by atoms with Crippen molar-refractivity contribution in [2.45, 2.75) is 32.4 Å². The van der Waals surface area contributed by atoms with Gasteiger partial charge in [0.2, 0.25) is 0 Å². The van der Waals surface area contributed by atoms with Crippen LogP contribution in [-0.4, -0.2) is 37.5 Å². The van der Waals surface area contributed by atoms with Crippen LogP contribution in [0.25, 0.3) is 0 Å². The Labute approximate surface area is 109 Å². The van der Waals surface area contributed by atoms with Crippen LogP contribution in [-0.2, 0) is 0 Å². The number of benzene rings is 1. The molecule has 0 amide bonds. The molecule has 4 heteroatoms. The summed E-state index contributed by atoms with van der Waals surface area (Å²) in [5, 5.41) is 13.0. The molecule has 0 radical (unpaired) electrons. The lowest BCUT2D eigenvalue weighted by Crippen LogP contribution is -2.36. The zero-order valence-corrected chi connectivity index (χ0v) is 11.3. The summed E-state index contributed by atoms with van der Waals surface area (Å²) in [5.74, 6) is 1.46. The van der Waals surface area contributed by atoms with E-state index in [2.05, 4.69) is 19.2 Å². The van der Waals surface area contributed by atoms with Gasteiger partial charge in [-0.05, 0) is 25.5 Å². The van der Waals surface area contributed by atoms with Crippen LogP contribution in [0.15, 0.2) is 24.3 Å². The Morgan fingerprint density at radius 1 is 1.33 bits per heavy atom. The SMILES string of the molecule is CC[C@@H](C)NC[C@H](O)COc1cccc(OC)c1. The molecular formula is C14H23NO3. The van der Waals surface area contributed by atoms with E-state index in [4.69, 9.17) is 9.47 Å². The lowest BCUT2D eigenvalue weighted by atomic mass is 10.2.